The molecular formula is C21H25BrN2O4S. The zero-order chi connectivity index (χ0) is 21.4. The number of rotatable bonds is 9. The maximum absolute atomic E-state index is 12.3. The van der Waals surface area contributed by atoms with Gasteiger partial charge in [0.2, 0.25) is 5.91 Å². The van der Waals surface area contributed by atoms with Crippen LogP contribution in [0.4, 0.5) is 0 Å². The number of sulfone groups is 1. The number of carbonyl (C=O) groups is 2. The van der Waals surface area contributed by atoms with Crippen molar-refractivity contribution in [3.63, 3.8) is 0 Å². The molecule has 29 heavy (non-hydrogen) atoms. The van der Waals surface area contributed by atoms with Gasteiger partial charge >= 0.3 is 0 Å². The summed E-state index contributed by atoms with van der Waals surface area (Å²) in [5.74, 6) is -1.54. The van der Waals surface area contributed by atoms with E-state index in [4.69, 9.17) is 0 Å². The van der Waals surface area contributed by atoms with Crippen LogP contribution < -0.4 is 10.6 Å². The maximum Gasteiger partial charge on any atom is 0.251 e. The highest BCUT2D eigenvalue weighted by Crippen LogP contribution is 2.14. The Balaban J connectivity index is 1.91. The number of amides is 2. The third kappa shape index (κ3) is 7.98. The molecule has 1 atom stereocenters. The minimum absolute atomic E-state index is 0.0707. The lowest BCUT2D eigenvalue weighted by atomic mass is 10.1. The minimum atomic E-state index is -3.59. The van der Waals surface area contributed by atoms with Crippen LogP contribution in [0.2, 0.25) is 0 Å². The molecule has 8 heteroatoms. The van der Waals surface area contributed by atoms with Gasteiger partial charge in [-0.15, -0.1) is 0 Å². The third-order valence-corrected chi connectivity index (χ3v) is 6.26. The molecule has 2 amide bonds. The highest BCUT2D eigenvalue weighted by atomic mass is 79.9. The molecule has 0 saturated carbocycles. The van der Waals surface area contributed by atoms with Gasteiger partial charge in [-0.1, -0.05) is 47.1 Å². The predicted molar refractivity (Wildman–Crippen MR) is 117 cm³/mol. The zero-order valence-corrected chi connectivity index (χ0v) is 18.8. The lowest BCUT2D eigenvalue weighted by Crippen LogP contribution is -2.32. The molecule has 2 aromatic rings. The lowest BCUT2D eigenvalue weighted by Gasteiger charge is -2.12. The monoisotopic (exact) mass is 480 g/mol. The minimum Gasteiger partial charge on any atom is -0.351 e. The van der Waals surface area contributed by atoms with Gasteiger partial charge in [0, 0.05) is 22.6 Å². The van der Waals surface area contributed by atoms with Crippen LogP contribution >= 0.6 is 15.9 Å². The van der Waals surface area contributed by atoms with Crippen LogP contribution in [0, 0.1) is 0 Å². The third-order valence-electron chi connectivity index (χ3n) is 4.30. The quantitative estimate of drug-likeness (QED) is 0.576. The maximum atomic E-state index is 12.3. The lowest BCUT2D eigenvalue weighted by molar-refractivity contribution is -0.118. The fourth-order valence-electron chi connectivity index (χ4n) is 2.61. The molecule has 0 aliphatic rings. The van der Waals surface area contributed by atoms with Gasteiger partial charge in [0.1, 0.15) is 5.75 Å². The standard InChI is InChI=1S/C21H25BrN2O4S/c1-3-15(2)24-21(26)18-8-4-6-16(10-18)12-23-20(25)14-29(27,28)13-17-7-5-9-19(22)11-17/h4-11,15H,3,12-14H2,1-2H3,(H,23,25)(H,24,26). The van der Waals surface area contributed by atoms with E-state index in [1.165, 1.54) is 0 Å². The van der Waals surface area contributed by atoms with E-state index >= 15 is 0 Å². The molecule has 0 fully saturated rings. The Hall–Kier alpha value is -2.19. The summed E-state index contributed by atoms with van der Waals surface area (Å²) >= 11 is 3.30. The Bertz CT molecular complexity index is 976. The fraction of sp³-hybridized carbons (Fsp3) is 0.333. The molecule has 0 saturated heterocycles. The van der Waals surface area contributed by atoms with Crippen molar-refractivity contribution in [1.29, 1.82) is 0 Å². The Morgan fingerprint density at radius 1 is 1.07 bits per heavy atom. The van der Waals surface area contributed by atoms with Crippen LogP contribution in [-0.4, -0.2) is 32.0 Å². The van der Waals surface area contributed by atoms with E-state index in [9.17, 15) is 18.0 Å². The van der Waals surface area contributed by atoms with Crippen LogP contribution in [0.3, 0.4) is 0 Å². The first kappa shape index (κ1) is 23.1. The van der Waals surface area contributed by atoms with Gasteiger partial charge in [-0.2, -0.15) is 0 Å². The first-order chi connectivity index (χ1) is 13.7. The van der Waals surface area contributed by atoms with Crippen LogP contribution in [0.25, 0.3) is 0 Å². The van der Waals surface area contributed by atoms with Gasteiger partial charge in [-0.3, -0.25) is 9.59 Å². The van der Waals surface area contributed by atoms with Gasteiger partial charge in [0.05, 0.1) is 5.75 Å². The molecule has 0 heterocycles. The number of carbonyl (C=O) groups excluding carboxylic acids is 2. The molecule has 0 aromatic heterocycles. The van der Waals surface area contributed by atoms with Crippen molar-refractivity contribution in [2.24, 2.45) is 0 Å². The largest absolute Gasteiger partial charge is 0.351 e. The first-order valence-corrected chi connectivity index (χ1v) is 11.9. The normalized spacial score (nSPS) is 12.2. The van der Waals surface area contributed by atoms with Gasteiger partial charge in [0.25, 0.3) is 5.91 Å². The van der Waals surface area contributed by atoms with Crippen molar-refractivity contribution in [3.05, 3.63) is 69.7 Å². The number of hydrogen-bond donors (Lipinski definition) is 2. The first-order valence-electron chi connectivity index (χ1n) is 9.30. The molecule has 1 unspecified atom stereocenters. The van der Waals surface area contributed by atoms with Gasteiger partial charge in [-0.05, 0) is 48.7 Å². The predicted octanol–water partition coefficient (Wildman–Crippen LogP) is 3.21. The Morgan fingerprint density at radius 3 is 2.45 bits per heavy atom. The van der Waals surface area contributed by atoms with Gasteiger partial charge < -0.3 is 10.6 Å². The fourth-order valence-corrected chi connectivity index (χ4v) is 4.35. The molecule has 6 nitrogen and oxygen atoms in total. The molecule has 0 aliphatic heterocycles. The second kappa shape index (κ2) is 10.5. The molecule has 0 bridgehead atoms. The van der Waals surface area contributed by atoms with Crippen LogP contribution in [0.15, 0.2) is 53.0 Å². The summed E-state index contributed by atoms with van der Waals surface area (Å²) in [4.78, 5) is 24.3. The van der Waals surface area contributed by atoms with Crippen molar-refractivity contribution in [2.75, 3.05) is 5.75 Å². The van der Waals surface area contributed by atoms with E-state index in [-0.39, 0.29) is 24.2 Å². The van der Waals surface area contributed by atoms with E-state index in [2.05, 4.69) is 26.6 Å². The van der Waals surface area contributed by atoms with Crippen molar-refractivity contribution in [2.45, 2.75) is 38.6 Å². The average Bonchev–Trinajstić information content (AvgIpc) is 2.65. The van der Waals surface area contributed by atoms with Gasteiger partial charge in [0.15, 0.2) is 9.84 Å². The Morgan fingerprint density at radius 2 is 1.76 bits per heavy atom. The summed E-state index contributed by atoms with van der Waals surface area (Å²) in [5, 5.41) is 5.50. The number of hydrogen-bond acceptors (Lipinski definition) is 4. The smallest absolute Gasteiger partial charge is 0.251 e. The molecule has 156 valence electrons. The summed E-state index contributed by atoms with van der Waals surface area (Å²) in [7, 11) is -3.59. The number of nitrogens with one attached hydrogen (secondary N) is 2. The molecule has 2 N–H and O–H groups in total. The van der Waals surface area contributed by atoms with Crippen molar-refractivity contribution < 1.29 is 18.0 Å². The molecule has 2 rings (SSSR count). The van der Waals surface area contributed by atoms with E-state index in [1.807, 2.05) is 13.8 Å². The molecule has 2 aromatic carbocycles. The van der Waals surface area contributed by atoms with Crippen LogP contribution in [0.1, 0.15) is 41.8 Å². The van der Waals surface area contributed by atoms with E-state index in [0.717, 1.165) is 16.5 Å². The van der Waals surface area contributed by atoms with Crippen LogP contribution in [0.5, 0.6) is 0 Å². The SMILES string of the molecule is CCC(C)NC(=O)c1cccc(CNC(=O)CS(=O)(=O)Cc2cccc(Br)c2)c1. The summed E-state index contributed by atoms with van der Waals surface area (Å²) in [6.45, 7) is 4.06. The van der Waals surface area contributed by atoms with Crippen molar-refractivity contribution in [1.82, 2.24) is 10.6 Å². The highest BCUT2D eigenvalue weighted by molar-refractivity contribution is 9.10. The van der Waals surface area contributed by atoms with Crippen LogP contribution in [-0.2, 0) is 26.9 Å². The topological polar surface area (TPSA) is 92.3 Å². The average molecular weight is 481 g/mol. The summed E-state index contributed by atoms with van der Waals surface area (Å²) < 4.78 is 25.3. The van der Waals surface area contributed by atoms with Gasteiger partial charge in [-0.25, -0.2) is 8.42 Å². The van der Waals surface area contributed by atoms with E-state index < -0.39 is 21.5 Å². The van der Waals surface area contributed by atoms with Crippen molar-refractivity contribution >= 4 is 37.6 Å². The molecule has 0 radical (unpaired) electrons. The second-order valence-corrected chi connectivity index (χ2v) is 9.90. The molecular weight excluding hydrogens is 456 g/mol. The zero-order valence-electron chi connectivity index (χ0n) is 16.4. The number of halogens is 1. The highest BCUT2D eigenvalue weighted by Gasteiger charge is 2.18. The van der Waals surface area contributed by atoms with E-state index in [1.54, 1.807) is 48.5 Å². The molecule has 0 spiro atoms. The molecule has 0 aliphatic carbocycles. The summed E-state index contributed by atoms with van der Waals surface area (Å²) in [6, 6.07) is 13.9. The van der Waals surface area contributed by atoms with Crippen molar-refractivity contribution in [3.8, 4) is 0 Å². The number of benzene rings is 2. The van der Waals surface area contributed by atoms with E-state index in [0.29, 0.717) is 11.1 Å². The second-order valence-electron chi connectivity index (χ2n) is 6.92. The Labute approximate surface area is 180 Å². The Kier molecular flexibility index (Phi) is 8.40. The summed E-state index contributed by atoms with van der Waals surface area (Å²) in [6.07, 6.45) is 0.829. The summed E-state index contributed by atoms with van der Waals surface area (Å²) in [5.41, 5.74) is 1.84.